The van der Waals surface area contributed by atoms with Crippen molar-refractivity contribution >= 4 is 10.0 Å². The summed E-state index contributed by atoms with van der Waals surface area (Å²) in [6.07, 6.45) is 3.49. The maximum atomic E-state index is 12.7. The zero-order valence-electron chi connectivity index (χ0n) is 13.1. The smallest absolute Gasteiger partial charge is 0.244 e. The molecule has 2 heterocycles. The van der Waals surface area contributed by atoms with Crippen molar-refractivity contribution in [3.8, 4) is 0 Å². The molecule has 1 aliphatic heterocycles. The van der Waals surface area contributed by atoms with E-state index >= 15 is 0 Å². The van der Waals surface area contributed by atoms with Crippen molar-refractivity contribution in [3.63, 3.8) is 0 Å². The Bertz CT molecular complexity index is 548. The highest BCUT2D eigenvalue weighted by Gasteiger charge is 2.31. The largest absolute Gasteiger partial charge is 0.390 e. The number of nitrogens with zero attached hydrogens (tertiary/aromatic N) is 2. The van der Waals surface area contributed by atoms with Crippen LogP contribution in [0.3, 0.4) is 0 Å². The fourth-order valence-corrected chi connectivity index (χ4v) is 4.56. The predicted octanol–water partition coefficient (Wildman–Crippen LogP) is 2.06. The third-order valence-corrected chi connectivity index (χ3v) is 6.41. The Hall–Kier alpha value is -0.850. The number of aryl methyl sites for hydroxylation is 1. The first-order valence-electron chi connectivity index (χ1n) is 7.70. The van der Waals surface area contributed by atoms with Gasteiger partial charge >= 0.3 is 0 Å². The Labute approximate surface area is 127 Å². The fraction of sp³-hybridized carbons (Fsp3) is 0.733. The molecule has 0 unspecified atom stereocenters. The fourth-order valence-electron chi connectivity index (χ4n) is 3.02. The number of aliphatic hydroxyl groups excluding tert-OH is 1. The van der Waals surface area contributed by atoms with Gasteiger partial charge in [-0.05, 0) is 37.7 Å². The molecule has 1 N–H and O–H groups in total. The van der Waals surface area contributed by atoms with E-state index in [4.69, 9.17) is 0 Å². The molecular formula is C15H26N2O3S. The van der Waals surface area contributed by atoms with E-state index in [2.05, 4.69) is 13.8 Å². The first kappa shape index (κ1) is 16.5. The first-order chi connectivity index (χ1) is 9.90. The van der Waals surface area contributed by atoms with Gasteiger partial charge in [0.25, 0.3) is 0 Å². The summed E-state index contributed by atoms with van der Waals surface area (Å²) in [5, 5.41) is 9.31. The van der Waals surface area contributed by atoms with Crippen molar-refractivity contribution in [2.45, 2.75) is 51.7 Å². The normalized spacial score (nSPS) is 18.5. The lowest BCUT2D eigenvalue weighted by atomic mass is 9.87. The van der Waals surface area contributed by atoms with E-state index in [0.29, 0.717) is 42.1 Å². The molecule has 1 aromatic rings. The molecule has 0 amide bonds. The lowest BCUT2D eigenvalue weighted by Gasteiger charge is -2.32. The van der Waals surface area contributed by atoms with Gasteiger partial charge in [0.15, 0.2) is 0 Å². The van der Waals surface area contributed by atoms with Crippen LogP contribution >= 0.6 is 0 Å². The Morgan fingerprint density at radius 3 is 2.38 bits per heavy atom. The molecule has 1 fully saturated rings. The number of aromatic nitrogens is 1. The van der Waals surface area contributed by atoms with Crippen molar-refractivity contribution in [2.75, 3.05) is 13.1 Å². The second kappa shape index (κ2) is 6.50. The van der Waals surface area contributed by atoms with E-state index in [0.717, 1.165) is 12.8 Å². The Morgan fingerprint density at radius 1 is 1.33 bits per heavy atom. The van der Waals surface area contributed by atoms with Crippen LogP contribution in [-0.2, 0) is 23.2 Å². The van der Waals surface area contributed by atoms with E-state index in [1.807, 2.05) is 6.92 Å². The van der Waals surface area contributed by atoms with Crippen LogP contribution in [0.1, 0.15) is 39.3 Å². The van der Waals surface area contributed by atoms with Crippen molar-refractivity contribution in [1.29, 1.82) is 0 Å². The molecule has 21 heavy (non-hydrogen) atoms. The van der Waals surface area contributed by atoms with E-state index in [-0.39, 0.29) is 6.61 Å². The Balaban J connectivity index is 2.17. The maximum Gasteiger partial charge on any atom is 0.244 e. The van der Waals surface area contributed by atoms with Crippen LogP contribution in [0.15, 0.2) is 17.2 Å². The molecule has 6 heteroatoms. The van der Waals surface area contributed by atoms with Gasteiger partial charge in [-0.3, -0.25) is 0 Å². The van der Waals surface area contributed by atoms with Gasteiger partial charge in [-0.15, -0.1) is 0 Å². The summed E-state index contributed by atoms with van der Waals surface area (Å²) in [6.45, 7) is 8.03. The Kier molecular flexibility index (Phi) is 5.11. The monoisotopic (exact) mass is 314 g/mol. The summed E-state index contributed by atoms with van der Waals surface area (Å²) in [5.41, 5.74) is 0.646. The minimum atomic E-state index is -3.43. The third kappa shape index (κ3) is 3.33. The quantitative estimate of drug-likeness (QED) is 0.905. The van der Waals surface area contributed by atoms with E-state index in [9.17, 15) is 13.5 Å². The average Bonchev–Trinajstić information content (AvgIpc) is 2.91. The molecule has 2 rings (SSSR count). The minimum Gasteiger partial charge on any atom is -0.390 e. The van der Waals surface area contributed by atoms with Gasteiger partial charge in [-0.1, -0.05) is 13.8 Å². The van der Waals surface area contributed by atoms with Gasteiger partial charge in [0.05, 0.1) is 6.61 Å². The van der Waals surface area contributed by atoms with Crippen LogP contribution < -0.4 is 0 Å². The molecule has 0 bridgehead atoms. The molecule has 0 aromatic carbocycles. The van der Waals surface area contributed by atoms with Gasteiger partial charge in [0.1, 0.15) is 4.90 Å². The highest BCUT2D eigenvalue weighted by molar-refractivity contribution is 7.89. The standard InChI is InChI=1S/C15H26N2O3S/c1-4-16-10-15(9-14(16)11-18)21(19,20)17-7-5-13(6-8-17)12(2)3/h9-10,12-13,18H,4-8,11H2,1-3H3. The lowest BCUT2D eigenvalue weighted by Crippen LogP contribution is -2.39. The number of sulfonamides is 1. The topological polar surface area (TPSA) is 62.5 Å². The average molecular weight is 314 g/mol. The lowest BCUT2D eigenvalue weighted by molar-refractivity contribution is 0.226. The van der Waals surface area contributed by atoms with Crippen LogP contribution in [0.5, 0.6) is 0 Å². The van der Waals surface area contributed by atoms with Gasteiger partial charge in [0, 0.05) is 31.5 Å². The van der Waals surface area contributed by atoms with Crippen molar-refractivity contribution in [2.24, 2.45) is 11.8 Å². The predicted molar refractivity (Wildman–Crippen MR) is 82.3 cm³/mol. The molecule has 0 aliphatic carbocycles. The van der Waals surface area contributed by atoms with Crippen molar-refractivity contribution < 1.29 is 13.5 Å². The van der Waals surface area contributed by atoms with Gasteiger partial charge in [-0.2, -0.15) is 4.31 Å². The van der Waals surface area contributed by atoms with E-state index in [1.54, 1.807) is 21.1 Å². The number of aliphatic hydroxyl groups is 1. The van der Waals surface area contributed by atoms with Crippen LogP contribution in [0.2, 0.25) is 0 Å². The molecule has 0 saturated carbocycles. The molecule has 120 valence electrons. The van der Waals surface area contributed by atoms with Crippen LogP contribution in [0, 0.1) is 11.8 Å². The highest BCUT2D eigenvalue weighted by Crippen LogP contribution is 2.28. The van der Waals surface area contributed by atoms with Gasteiger partial charge in [0.2, 0.25) is 10.0 Å². The second-order valence-electron chi connectivity index (χ2n) is 6.10. The zero-order valence-corrected chi connectivity index (χ0v) is 13.9. The van der Waals surface area contributed by atoms with Crippen molar-refractivity contribution in [1.82, 2.24) is 8.87 Å². The summed E-state index contributed by atoms with van der Waals surface area (Å²) in [5.74, 6) is 1.22. The molecular weight excluding hydrogens is 288 g/mol. The summed E-state index contributed by atoms with van der Waals surface area (Å²) in [4.78, 5) is 0.302. The Morgan fingerprint density at radius 2 is 1.95 bits per heavy atom. The minimum absolute atomic E-state index is 0.140. The molecule has 0 radical (unpaired) electrons. The summed E-state index contributed by atoms with van der Waals surface area (Å²) in [6, 6.07) is 1.59. The van der Waals surface area contributed by atoms with Crippen molar-refractivity contribution in [3.05, 3.63) is 18.0 Å². The van der Waals surface area contributed by atoms with Gasteiger partial charge in [-0.25, -0.2) is 8.42 Å². The second-order valence-corrected chi connectivity index (χ2v) is 8.03. The summed E-state index contributed by atoms with van der Waals surface area (Å²) >= 11 is 0. The summed E-state index contributed by atoms with van der Waals surface area (Å²) < 4.78 is 28.8. The summed E-state index contributed by atoms with van der Waals surface area (Å²) in [7, 11) is -3.43. The van der Waals surface area contributed by atoms with Gasteiger partial charge < -0.3 is 9.67 Å². The molecule has 1 aromatic heterocycles. The van der Waals surface area contributed by atoms with Crippen LogP contribution in [-0.4, -0.2) is 35.5 Å². The highest BCUT2D eigenvalue weighted by atomic mass is 32.2. The maximum absolute atomic E-state index is 12.7. The zero-order chi connectivity index (χ0) is 15.6. The van der Waals surface area contributed by atoms with E-state index < -0.39 is 10.0 Å². The molecule has 1 saturated heterocycles. The number of hydrogen-bond donors (Lipinski definition) is 1. The first-order valence-corrected chi connectivity index (χ1v) is 9.14. The van der Waals surface area contributed by atoms with Crippen LogP contribution in [0.4, 0.5) is 0 Å². The van der Waals surface area contributed by atoms with E-state index in [1.165, 1.54) is 0 Å². The van der Waals surface area contributed by atoms with Crippen LogP contribution in [0.25, 0.3) is 0 Å². The number of rotatable bonds is 5. The SMILES string of the molecule is CCn1cc(S(=O)(=O)N2CCC(C(C)C)CC2)cc1CO. The molecule has 0 spiro atoms. The molecule has 1 aliphatic rings. The molecule has 0 atom stereocenters. The number of hydrogen-bond acceptors (Lipinski definition) is 3. The molecule has 5 nitrogen and oxygen atoms in total. The third-order valence-electron chi connectivity index (χ3n) is 4.54. The number of piperidine rings is 1.